The summed E-state index contributed by atoms with van der Waals surface area (Å²) in [5.41, 5.74) is 0.290. The van der Waals surface area contributed by atoms with E-state index in [0.29, 0.717) is 13.0 Å². The lowest BCUT2D eigenvalue weighted by molar-refractivity contribution is -0.384. The first kappa shape index (κ1) is 17.2. The molecule has 1 aliphatic heterocycles. The van der Waals surface area contributed by atoms with Gasteiger partial charge in [0.15, 0.2) is 0 Å². The van der Waals surface area contributed by atoms with Gasteiger partial charge in [-0.2, -0.15) is 0 Å². The summed E-state index contributed by atoms with van der Waals surface area (Å²) in [6.45, 7) is 6.06. The van der Waals surface area contributed by atoms with Gasteiger partial charge in [0.05, 0.1) is 17.6 Å². The Morgan fingerprint density at radius 3 is 2.43 bits per heavy atom. The van der Waals surface area contributed by atoms with E-state index in [4.69, 9.17) is 4.74 Å². The van der Waals surface area contributed by atoms with Crippen LogP contribution < -0.4 is 0 Å². The minimum atomic E-state index is -0.724. The van der Waals surface area contributed by atoms with Gasteiger partial charge in [-0.05, 0) is 32.8 Å². The highest BCUT2D eigenvalue weighted by atomic mass is 16.6. The first-order chi connectivity index (χ1) is 10.7. The van der Waals surface area contributed by atoms with Crippen LogP contribution in [0.1, 0.15) is 38.7 Å². The van der Waals surface area contributed by atoms with Crippen molar-refractivity contribution in [3.63, 3.8) is 0 Å². The molecule has 0 spiro atoms. The highest BCUT2D eigenvalue weighted by Crippen LogP contribution is 2.30. The van der Waals surface area contributed by atoms with Gasteiger partial charge in [-0.3, -0.25) is 10.1 Å². The lowest BCUT2D eigenvalue weighted by Crippen LogP contribution is -2.47. The monoisotopic (exact) mass is 322 g/mol. The lowest BCUT2D eigenvalue weighted by Gasteiger charge is -2.36. The quantitative estimate of drug-likeness (QED) is 0.667. The fraction of sp³-hybridized carbons (Fsp3) is 0.562. The molecule has 2 atom stereocenters. The fourth-order valence-electron chi connectivity index (χ4n) is 2.66. The first-order valence-corrected chi connectivity index (χ1v) is 7.58. The van der Waals surface area contributed by atoms with Gasteiger partial charge in [0.2, 0.25) is 0 Å². The van der Waals surface area contributed by atoms with Crippen molar-refractivity contribution in [2.75, 3.05) is 13.1 Å². The van der Waals surface area contributed by atoms with Crippen molar-refractivity contribution < 1.29 is 19.6 Å². The molecule has 1 heterocycles. The van der Waals surface area contributed by atoms with E-state index in [1.807, 2.05) is 0 Å². The summed E-state index contributed by atoms with van der Waals surface area (Å²) in [4.78, 5) is 23.8. The van der Waals surface area contributed by atoms with Crippen LogP contribution in [-0.2, 0) is 4.74 Å². The summed E-state index contributed by atoms with van der Waals surface area (Å²) in [6, 6.07) is 6.19. The third kappa shape index (κ3) is 4.41. The number of aliphatic hydroxyl groups excluding tert-OH is 1. The predicted molar refractivity (Wildman–Crippen MR) is 84.3 cm³/mol. The Bertz CT molecular complexity index is 579. The van der Waals surface area contributed by atoms with Crippen molar-refractivity contribution in [3.8, 4) is 0 Å². The molecule has 1 N–H and O–H groups in total. The van der Waals surface area contributed by atoms with Gasteiger partial charge in [-0.1, -0.05) is 12.1 Å². The number of carbonyl (C=O) groups is 1. The van der Waals surface area contributed by atoms with Crippen LogP contribution in [0.2, 0.25) is 0 Å². The van der Waals surface area contributed by atoms with E-state index in [-0.39, 0.29) is 18.2 Å². The molecule has 0 aliphatic carbocycles. The van der Waals surface area contributed by atoms with E-state index in [1.54, 1.807) is 32.9 Å². The van der Waals surface area contributed by atoms with Crippen LogP contribution >= 0.6 is 0 Å². The number of β-amino-alcohol motifs (C(OH)–C–C–N with tert-alkyl or cyclic N) is 1. The Morgan fingerprint density at radius 2 is 1.96 bits per heavy atom. The van der Waals surface area contributed by atoms with Gasteiger partial charge >= 0.3 is 6.09 Å². The molecule has 23 heavy (non-hydrogen) atoms. The molecule has 0 aromatic heterocycles. The first-order valence-electron chi connectivity index (χ1n) is 7.58. The van der Waals surface area contributed by atoms with Crippen molar-refractivity contribution in [1.82, 2.24) is 4.90 Å². The van der Waals surface area contributed by atoms with Gasteiger partial charge in [-0.15, -0.1) is 0 Å². The van der Waals surface area contributed by atoms with Crippen molar-refractivity contribution >= 4 is 11.8 Å². The predicted octanol–water partition coefficient (Wildman–Crippen LogP) is 2.68. The molecule has 1 aromatic rings. The molecule has 126 valence electrons. The van der Waals surface area contributed by atoms with Crippen LogP contribution in [0, 0.1) is 10.1 Å². The molecule has 7 nitrogen and oxygen atoms in total. The number of aliphatic hydroxyl groups is 1. The van der Waals surface area contributed by atoms with Crippen molar-refractivity contribution in [3.05, 3.63) is 39.9 Å². The van der Waals surface area contributed by atoms with Crippen LogP contribution in [0.3, 0.4) is 0 Å². The smallest absolute Gasteiger partial charge is 0.410 e. The zero-order valence-corrected chi connectivity index (χ0v) is 13.6. The van der Waals surface area contributed by atoms with Crippen LogP contribution in [-0.4, -0.2) is 45.8 Å². The van der Waals surface area contributed by atoms with E-state index in [9.17, 15) is 20.0 Å². The highest BCUT2D eigenvalue weighted by Gasteiger charge is 2.33. The Hall–Kier alpha value is -2.15. The summed E-state index contributed by atoms with van der Waals surface area (Å²) in [5.74, 6) is -0.144. The molecule has 0 saturated carbocycles. The molecule has 2 unspecified atom stereocenters. The van der Waals surface area contributed by atoms with Crippen LogP contribution in [0.25, 0.3) is 0 Å². The molecule has 1 fully saturated rings. The van der Waals surface area contributed by atoms with Crippen LogP contribution in [0.4, 0.5) is 10.5 Å². The standard InChI is InChI=1S/C16H22N2O5/c1-16(2,3)23-15(20)17-9-8-13(14(19)10-17)11-4-6-12(7-5-11)18(21)22/h4-7,13-14,19H,8-10H2,1-3H3. The van der Waals surface area contributed by atoms with E-state index >= 15 is 0 Å². The number of amides is 1. The number of nitro groups is 1. The average Bonchev–Trinajstić information content (AvgIpc) is 2.45. The lowest BCUT2D eigenvalue weighted by atomic mass is 9.87. The molecular formula is C16H22N2O5. The number of piperidine rings is 1. The molecular weight excluding hydrogens is 300 g/mol. The summed E-state index contributed by atoms with van der Waals surface area (Å²) in [7, 11) is 0. The highest BCUT2D eigenvalue weighted by molar-refractivity contribution is 5.68. The Balaban J connectivity index is 2.01. The number of carbonyl (C=O) groups excluding carboxylic acids is 1. The van der Waals surface area contributed by atoms with Crippen molar-refractivity contribution in [1.29, 1.82) is 0 Å². The molecule has 1 aliphatic rings. The number of non-ortho nitro benzene ring substituents is 1. The zero-order chi connectivity index (χ0) is 17.2. The Kier molecular flexibility index (Phi) is 4.89. The van der Waals surface area contributed by atoms with E-state index in [0.717, 1.165) is 5.56 Å². The number of hydrogen-bond donors (Lipinski definition) is 1. The number of rotatable bonds is 2. The molecule has 0 bridgehead atoms. The second-order valence-electron chi connectivity index (χ2n) is 6.74. The maximum atomic E-state index is 12.0. The van der Waals surface area contributed by atoms with Gasteiger partial charge in [-0.25, -0.2) is 4.79 Å². The minimum Gasteiger partial charge on any atom is -0.444 e. The number of likely N-dealkylation sites (tertiary alicyclic amines) is 1. The largest absolute Gasteiger partial charge is 0.444 e. The normalized spacial score (nSPS) is 21.8. The minimum absolute atomic E-state index is 0.0226. The van der Waals surface area contributed by atoms with Crippen LogP contribution in [0.15, 0.2) is 24.3 Å². The van der Waals surface area contributed by atoms with Gasteiger partial charge in [0, 0.05) is 24.6 Å². The molecule has 1 saturated heterocycles. The van der Waals surface area contributed by atoms with Gasteiger partial charge < -0.3 is 14.7 Å². The number of ether oxygens (including phenoxy) is 1. The summed E-state index contributed by atoms with van der Waals surface area (Å²) in [6.07, 6.45) is -0.575. The van der Waals surface area contributed by atoms with Crippen LogP contribution in [0.5, 0.6) is 0 Å². The van der Waals surface area contributed by atoms with E-state index in [1.165, 1.54) is 17.0 Å². The molecule has 1 aromatic carbocycles. The van der Waals surface area contributed by atoms with Gasteiger partial charge in [0.25, 0.3) is 5.69 Å². The number of nitrogens with zero attached hydrogens (tertiary/aromatic N) is 2. The second kappa shape index (κ2) is 6.54. The summed E-state index contributed by atoms with van der Waals surface area (Å²) in [5, 5.41) is 21.0. The summed E-state index contributed by atoms with van der Waals surface area (Å²) >= 11 is 0. The fourth-order valence-corrected chi connectivity index (χ4v) is 2.66. The SMILES string of the molecule is CC(C)(C)OC(=O)N1CCC(c2ccc([N+](=O)[O-])cc2)C(O)C1. The maximum absolute atomic E-state index is 12.0. The third-order valence-electron chi connectivity index (χ3n) is 3.77. The Labute approximate surface area is 135 Å². The molecule has 2 rings (SSSR count). The molecule has 7 heteroatoms. The van der Waals surface area contributed by atoms with Crippen molar-refractivity contribution in [2.24, 2.45) is 0 Å². The number of benzene rings is 1. The van der Waals surface area contributed by atoms with E-state index in [2.05, 4.69) is 0 Å². The molecule has 1 amide bonds. The van der Waals surface area contributed by atoms with Gasteiger partial charge in [0.1, 0.15) is 5.60 Å². The number of hydrogen-bond acceptors (Lipinski definition) is 5. The average molecular weight is 322 g/mol. The molecule has 0 radical (unpaired) electrons. The van der Waals surface area contributed by atoms with Crippen molar-refractivity contribution in [2.45, 2.75) is 44.8 Å². The maximum Gasteiger partial charge on any atom is 0.410 e. The topological polar surface area (TPSA) is 92.9 Å². The number of nitro benzene ring substituents is 1. The third-order valence-corrected chi connectivity index (χ3v) is 3.77. The zero-order valence-electron chi connectivity index (χ0n) is 13.6. The second-order valence-corrected chi connectivity index (χ2v) is 6.74. The Morgan fingerprint density at radius 1 is 1.35 bits per heavy atom. The van der Waals surface area contributed by atoms with E-state index < -0.39 is 22.7 Å². The summed E-state index contributed by atoms with van der Waals surface area (Å²) < 4.78 is 5.31.